The van der Waals surface area contributed by atoms with Crippen LogP contribution < -0.4 is 0 Å². The summed E-state index contributed by atoms with van der Waals surface area (Å²) in [5.74, 6) is 0. The van der Waals surface area contributed by atoms with Gasteiger partial charge < -0.3 is 0 Å². The highest BCUT2D eigenvalue weighted by Gasteiger charge is 1.76. The van der Waals surface area contributed by atoms with Gasteiger partial charge in [-0.05, 0) is 13.3 Å². The summed E-state index contributed by atoms with van der Waals surface area (Å²) in [5, 5.41) is 0. The van der Waals surface area contributed by atoms with E-state index < -0.39 is 0 Å². The molecule has 52 valence electrons. The van der Waals surface area contributed by atoms with Crippen molar-refractivity contribution in [3.63, 3.8) is 0 Å². The van der Waals surface area contributed by atoms with Crippen LogP contribution in [-0.4, -0.2) is 0 Å². The average Bonchev–Trinajstić information content (AvgIpc) is 1.80. The van der Waals surface area contributed by atoms with E-state index in [4.69, 9.17) is 0 Å². The molecule has 0 atom stereocenters. The Morgan fingerprint density at radius 3 is 2.67 bits per heavy atom. The maximum absolute atomic E-state index is 3.77. The van der Waals surface area contributed by atoms with Gasteiger partial charge in [-0.25, -0.2) is 0 Å². The van der Waals surface area contributed by atoms with E-state index in [1.165, 1.54) is 19.3 Å². The van der Waals surface area contributed by atoms with Gasteiger partial charge in [0.05, 0.1) is 0 Å². The van der Waals surface area contributed by atoms with Crippen molar-refractivity contribution in [2.75, 3.05) is 0 Å². The highest BCUT2D eigenvalue weighted by atomic mass is 13.8. The summed E-state index contributed by atoms with van der Waals surface area (Å²) in [7, 11) is 0. The predicted octanol–water partition coefficient (Wildman–Crippen LogP) is 3.31. The first-order chi connectivity index (χ1) is 4.27. The van der Waals surface area contributed by atoms with E-state index in [-0.39, 0.29) is 0 Å². The molecule has 0 nitrogen and oxygen atoms in total. The van der Waals surface area contributed by atoms with Crippen molar-refractivity contribution in [1.29, 1.82) is 0 Å². The standard InChI is InChI=1S/C9H16/c1-4-5-6-7-8-9(2)3/h7-8H,2,4-6H2,1,3H3/b8-7-. The minimum Gasteiger partial charge on any atom is -0.0961 e. The third-order valence-corrected chi connectivity index (χ3v) is 1.13. The number of hydrogen-bond acceptors (Lipinski definition) is 0. The summed E-state index contributed by atoms with van der Waals surface area (Å²) in [6.45, 7) is 7.99. The molecule has 0 saturated heterocycles. The van der Waals surface area contributed by atoms with Gasteiger partial charge in [0.25, 0.3) is 0 Å². The SMILES string of the molecule is C=C(C)/C=C\CCCC. The molecule has 0 heteroatoms. The Kier molecular flexibility index (Phi) is 5.29. The monoisotopic (exact) mass is 124 g/mol. The molecule has 0 saturated carbocycles. The Hall–Kier alpha value is -0.520. The largest absolute Gasteiger partial charge is 0.0961 e. The van der Waals surface area contributed by atoms with Crippen LogP contribution in [0.2, 0.25) is 0 Å². The second-order valence-corrected chi connectivity index (χ2v) is 2.39. The van der Waals surface area contributed by atoms with Crippen LogP contribution in [0.1, 0.15) is 33.1 Å². The van der Waals surface area contributed by atoms with E-state index in [1.54, 1.807) is 0 Å². The van der Waals surface area contributed by atoms with Gasteiger partial charge in [0, 0.05) is 0 Å². The Morgan fingerprint density at radius 2 is 2.22 bits per heavy atom. The summed E-state index contributed by atoms with van der Waals surface area (Å²) >= 11 is 0. The van der Waals surface area contributed by atoms with Gasteiger partial charge >= 0.3 is 0 Å². The Balaban J connectivity index is 3.15. The quantitative estimate of drug-likeness (QED) is 0.398. The molecule has 0 unspecified atom stereocenters. The highest BCUT2D eigenvalue weighted by Crippen LogP contribution is 1.97. The number of allylic oxidation sites excluding steroid dienone is 3. The summed E-state index contributed by atoms with van der Waals surface area (Å²) in [4.78, 5) is 0. The van der Waals surface area contributed by atoms with E-state index in [9.17, 15) is 0 Å². The van der Waals surface area contributed by atoms with Gasteiger partial charge in [-0.1, -0.05) is 44.1 Å². The second-order valence-electron chi connectivity index (χ2n) is 2.39. The first-order valence-corrected chi connectivity index (χ1v) is 3.59. The summed E-state index contributed by atoms with van der Waals surface area (Å²) in [6.07, 6.45) is 8.04. The van der Waals surface area contributed by atoms with E-state index in [0.717, 1.165) is 5.57 Å². The van der Waals surface area contributed by atoms with Gasteiger partial charge in [0.2, 0.25) is 0 Å². The van der Waals surface area contributed by atoms with Crippen LogP contribution in [0.3, 0.4) is 0 Å². The summed E-state index contributed by atoms with van der Waals surface area (Å²) in [6, 6.07) is 0. The molecule has 0 aliphatic carbocycles. The molecule has 0 N–H and O–H groups in total. The third-order valence-electron chi connectivity index (χ3n) is 1.13. The molecular formula is C9H16. The first kappa shape index (κ1) is 8.48. The number of rotatable bonds is 4. The van der Waals surface area contributed by atoms with E-state index >= 15 is 0 Å². The number of unbranched alkanes of at least 4 members (excludes halogenated alkanes) is 2. The Bertz CT molecular complexity index is 98.6. The minimum atomic E-state index is 1.14. The van der Waals surface area contributed by atoms with Crippen molar-refractivity contribution in [3.8, 4) is 0 Å². The number of hydrogen-bond donors (Lipinski definition) is 0. The van der Waals surface area contributed by atoms with Gasteiger partial charge in [-0.2, -0.15) is 0 Å². The van der Waals surface area contributed by atoms with Crippen molar-refractivity contribution >= 4 is 0 Å². The summed E-state index contributed by atoms with van der Waals surface area (Å²) < 4.78 is 0. The molecule has 0 aliphatic heterocycles. The highest BCUT2D eigenvalue weighted by molar-refractivity contribution is 5.10. The molecule has 0 rings (SSSR count). The lowest BCUT2D eigenvalue weighted by Crippen LogP contribution is -1.67. The van der Waals surface area contributed by atoms with Crippen LogP contribution in [0.25, 0.3) is 0 Å². The molecule has 0 spiro atoms. The maximum Gasteiger partial charge on any atom is -0.0348 e. The molecule has 0 radical (unpaired) electrons. The normalized spacial score (nSPS) is 10.4. The fourth-order valence-electron chi connectivity index (χ4n) is 0.606. The lowest BCUT2D eigenvalue weighted by Gasteiger charge is -1.87. The molecule has 0 aliphatic rings. The zero-order chi connectivity index (χ0) is 7.11. The van der Waals surface area contributed by atoms with Crippen molar-refractivity contribution < 1.29 is 0 Å². The van der Waals surface area contributed by atoms with E-state index in [1.807, 2.05) is 6.92 Å². The van der Waals surface area contributed by atoms with Crippen molar-refractivity contribution in [2.24, 2.45) is 0 Å². The molecular weight excluding hydrogens is 108 g/mol. The van der Waals surface area contributed by atoms with Gasteiger partial charge in [0.1, 0.15) is 0 Å². The third kappa shape index (κ3) is 7.48. The molecule has 0 fully saturated rings. The maximum atomic E-state index is 3.77. The molecule has 0 aromatic rings. The van der Waals surface area contributed by atoms with Gasteiger partial charge in [0.15, 0.2) is 0 Å². The van der Waals surface area contributed by atoms with Crippen LogP contribution in [0.15, 0.2) is 24.3 Å². The predicted molar refractivity (Wildman–Crippen MR) is 43.5 cm³/mol. The Morgan fingerprint density at radius 1 is 1.56 bits per heavy atom. The molecule has 0 aromatic heterocycles. The smallest absolute Gasteiger partial charge is 0.0348 e. The van der Waals surface area contributed by atoms with Crippen LogP contribution in [0, 0.1) is 0 Å². The Labute approximate surface area is 58.3 Å². The molecule has 0 aromatic carbocycles. The van der Waals surface area contributed by atoms with E-state index in [2.05, 4.69) is 25.7 Å². The van der Waals surface area contributed by atoms with Crippen LogP contribution >= 0.6 is 0 Å². The minimum absolute atomic E-state index is 1.14. The van der Waals surface area contributed by atoms with Crippen LogP contribution in [0.4, 0.5) is 0 Å². The molecule has 0 heterocycles. The van der Waals surface area contributed by atoms with Crippen LogP contribution in [-0.2, 0) is 0 Å². The molecule has 9 heavy (non-hydrogen) atoms. The van der Waals surface area contributed by atoms with Gasteiger partial charge in [-0.3, -0.25) is 0 Å². The van der Waals surface area contributed by atoms with Crippen molar-refractivity contribution in [3.05, 3.63) is 24.3 Å². The zero-order valence-corrected chi connectivity index (χ0v) is 6.48. The van der Waals surface area contributed by atoms with Crippen LogP contribution in [0.5, 0.6) is 0 Å². The van der Waals surface area contributed by atoms with E-state index in [0.29, 0.717) is 0 Å². The fraction of sp³-hybridized carbons (Fsp3) is 0.556. The topological polar surface area (TPSA) is 0 Å². The van der Waals surface area contributed by atoms with Crippen molar-refractivity contribution in [1.82, 2.24) is 0 Å². The zero-order valence-electron chi connectivity index (χ0n) is 6.48. The lowest BCUT2D eigenvalue weighted by molar-refractivity contribution is 0.814. The molecule has 0 amide bonds. The fourth-order valence-corrected chi connectivity index (χ4v) is 0.606. The lowest BCUT2D eigenvalue weighted by atomic mass is 10.2. The first-order valence-electron chi connectivity index (χ1n) is 3.59. The second kappa shape index (κ2) is 5.61. The molecule has 0 bridgehead atoms. The average molecular weight is 124 g/mol. The van der Waals surface area contributed by atoms with Crippen molar-refractivity contribution in [2.45, 2.75) is 33.1 Å². The van der Waals surface area contributed by atoms with Gasteiger partial charge in [-0.15, -0.1) is 0 Å². The summed E-state index contributed by atoms with van der Waals surface area (Å²) in [5.41, 5.74) is 1.14.